The highest BCUT2D eigenvalue weighted by Crippen LogP contribution is 2.27. The Morgan fingerprint density at radius 1 is 1.32 bits per heavy atom. The summed E-state index contributed by atoms with van der Waals surface area (Å²) in [4.78, 5) is 11.9. The third-order valence-corrected chi connectivity index (χ3v) is 4.28. The number of nitrogens with one attached hydrogen (secondary N) is 1. The number of phenols is 1. The van der Waals surface area contributed by atoms with Crippen LogP contribution in [0.1, 0.15) is 36.0 Å². The first kappa shape index (κ1) is 14.5. The zero-order valence-electron chi connectivity index (χ0n) is 10.5. The quantitative estimate of drug-likeness (QED) is 0.839. The number of carbonyl (C=O) groups excluding carboxylic acids is 1. The second-order valence-corrected chi connectivity index (χ2v) is 6.02. The molecule has 0 aliphatic heterocycles. The van der Waals surface area contributed by atoms with Gasteiger partial charge in [-0.05, 0) is 49.8 Å². The van der Waals surface area contributed by atoms with Crippen molar-refractivity contribution in [2.45, 2.75) is 31.1 Å². The first-order valence-corrected chi connectivity index (χ1v) is 7.28. The first-order chi connectivity index (χ1) is 9.06. The van der Waals surface area contributed by atoms with Crippen LogP contribution in [0.4, 0.5) is 0 Å². The van der Waals surface area contributed by atoms with Crippen LogP contribution >= 0.6 is 23.2 Å². The molecule has 2 N–H and O–H groups in total. The van der Waals surface area contributed by atoms with E-state index in [0.29, 0.717) is 23.4 Å². The number of rotatable bonds is 3. The van der Waals surface area contributed by atoms with Crippen molar-refractivity contribution in [3.8, 4) is 5.75 Å². The predicted molar refractivity (Wildman–Crippen MR) is 77.0 cm³/mol. The van der Waals surface area contributed by atoms with Gasteiger partial charge in [0.2, 0.25) is 0 Å². The first-order valence-electron chi connectivity index (χ1n) is 6.47. The van der Waals surface area contributed by atoms with Gasteiger partial charge in [-0.2, -0.15) is 0 Å². The average Bonchev–Trinajstić information content (AvgIpc) is 2.41. The van der Waals surface area contributed by atoms with Gasteiger partial charge in [-0.3, -0.25) is 4.79 Å². The van der Waals surface area contributed by atoms with Crippen LogP contribution in [0, 0.1) is 5.92 Å². The van der Waals surface area contributed by atoms with Crippen LogP contribution in [0.15, 0.2) is 18.2 Å². The number of phenolic OH excluding ortho intramolecular Hbond substituents is 1. The van der Waals surface area contributed by atoms with E-state index in [1.54, 1.807) is 6.07 Å². The number of aromatic hydroxyl groups is 1. The van der Waals surface area contributed by atoms with Crippen molar-refractivity contribution in [1.29, 1.82) is 0 Å². The SMILES string of the molecule is O=C(NCC1CCC(Cl)CC1)c1ccc(O)c(Cl)c1. The number of hydrogen-bond acceptors (Lipinski definition) is 2. The fourth-order valence-electron chi connectivity index (χ4n) is 2.31. The maximum atomic E-state index is 11.9. The second-order valence-electron chi connectivity index (χ2n) is 4.99. The number of halogens is 2. The summed E-state index contributed by atoms with van der Waals surface area (Å²) >= 11 is 11.8. The van der Waals surface area contributed by atoms with Gasteiger partial charge in [-0.15, -0.1) is 11.6 Å². The van der Waals surface area contributed by atoms with Crippen molar-refractivity contribution in [3.63, 3.8) is 0 Å². The van der Waals surface area contributed by atoms with Gasteiger partial charge >= 0.3 is 0 Å². The van der Waals surface area contributed by atoms with Crippen molar-refractivity contribution < 1.29 is 9.90 Å². The molecule has 0 bridgehead atoms. The topological polar surface area (TPSA) is 49.3 Å². The Morgan fingerprint density at radius 3 is 2.63 bits per heavy atom. The molecule has 3 nitrogen and oxygen atoms in total. The summed E-state index contributed by atoms with van der Waals surface area (Å²) in [6.45, 7) is 0.668. The van der Waals surface area contributed by atoms with Gasteiger partial charge < -0.3 is 10.4 Å². The van der Waals surface area contributed by atoms with Crippen molar-refractivity contribution in [2.75, 3.05) is 6.54 Å². The minimum atomic E-state index is -0.158. The normalized spacial score (nSPS) is 23.1. The van der Waals surface area contributed by atoms with Crippen molar-refractivity contribution in [2.24, 2.45) is 5.92 Å². The lowest BCUT2D eigenvalue weighted by molar-refractivity contribution is 0.0943. The molecule has 0 unspecified atom stereocenters. The molecule has 0 spiro atoms. The Bertz CT molecular complexity index is 457. The van der Waals surface area contributed by atoms with Gasteiger partial charge in [0.05, 0.1) is 5.02 Å². The van der Waals surface area contributed by atoms with Crippen LogP contribution in [-0.2, 0) is 0 Å². The molecule has 1 aliphatic rings. The summed E-state index contributed by atoms with van der Waals surface area (Å²) in [7, 11) is 0. The van der Waals surface area contributed by atoms with E-state index in [1.807, 2.05) is 0 Å². The molecule has 1 aliphatic carbocycles. The fraction of sp³-hybridized carbons (Fsp3) is 0.500. The zero-order chi connectivity index (χ0) is 13.8. The number of carbonyl (C=O) groups is 1. The summed E-state index contributed by atoms with van der Waals surface area (Å²) in [5.74, 6) is 0.333. The smallest absolute Gasteiger partial charge is 0.251 e. The third-order valence-electron chi connectivity index (χ3n) is 3.54. The zero-order valence-corrected chi connectivity index (χ0v) is 12.0. The van der Waals surface area contributed by atoms with Crippen LogP contribution in [0.25, 0.3) is 0 Å². The largest absolute Gasteiger partial charge is 0.506 e. The van der Waals surface area contributed by atoms with Crippen LogP contribution in [0.2, 0.25) is 5.02 Å². The lowest BCUT2D eigenvalue weighted by Crippen LogP contribution is -2.31. The summed E-state index contributed by atoms with van der Waals surface area (Å²) in [5, 5.41) is 12.7. The lowest BCUT2D eigenvalue weighted by Gasteiger charge is -2.25. The van der Waals surface area contributed by atoms with E-state index in [1.165, 1.54) is 12.1 Å². The minimum absolute atomic E-state index is 0.0151. The van der Waals surface area contributed by atoms with Gasteiger partial charge in [0.25, 0.3) is 5.91 Å². The van der Waals surface area contributed by atoms with E-state index in [9.17, 15) is 9.90 Å². The predicted octanol–water partition coefficient (Wildman–Crippen LogP) is 3.57. The van der Waals surface area contributed by atoms with Crippen LogP contribution < -0.4 is 5.32 Å². The molecule has 0 saturated heterocycles. The highest BCUT2D eigenvalue weighted by atomic mass is 35.5. The molecule has 19 heavy (non-hydrogen) atoms. The van der Waals surface area contributed by atoms with Gasteiger partial charge in [-0.25, -0.2) is 0 Å². The molecular formula is C14H17Cl2NO2. The average molecular weight is 302 g/mol. The number of hydrogen-bond donors (Lipinski definition) is 2. The van der Waals surface area contributed by atoms with E-state index < -0.39 is 0 Å². The maximum Gasteiger partial charge on any atom is 0.251 e. The molecule has 0 aromatic heterocycles. The van der Waals surface area contributed by atoms with E-state index in [2.05, 4.69) is 5.32 Å². The molecule has 1 aromatic rings. The third kappa shape index (κ3) is 4.02. The molecule has 1 fully saturated rings. The molecule has 1 amide bonds. The standard InChI is InChI=1S/C14H17Cl2NO2/c15-11-4-1-9(2-5-11)8-17-14(19)10-3-6-13(18)12(16)7-10/h3,6-7,9,11,18H,1-2,4-5,8H2,(H,17,19). The molecular weight excluding hydrogens is 285 g/mol. The molecule has 5 heteroatoms. The number of amides is 1. The molecule has 1 saturated carbocycles. The molecule has 0 atom stereocenters. The molecule has 0 heterocycles. The number of benzene rings is 1. The maximum absolute atomic E-state index is 11.9. The summed E-state index contributed by atoms with van der Waals surface area (Å²) in [5.41, 5.74) is 0.467. The Kier molecular flexibility index (Phi) is 4.94. The Balaban J connectivity index is 1.85. The van der Waals surface area contributed by atoms with E-state index in [-0.39, 0.29) is 16.7 Å². The van der Waals surface area contributed by atoms with Crippen molar-refractivity contribution in [1.82, 2.24) is 5.32 Å². The molecule has 0 radical (unpaired) electrons. The van der Waals surface area contributed by atoms with Crippen LogP contribution in [0.5, 0.6) is 5.75 Å². The molecule has 104 valence electrons. The Morgan fingerprint density at radius 2 is 2.00 bits per heavy atom. The van der Waals surface area contributed by atoms with E-state index in [4.69, 9.17) is 23.2 Å². The fourth-order valence-corrected chi connectivity index (χ4v) is 2.75. The molecule has 1 aromatic carbocycles. The Labute approximate surface area is 122 Å². The van der Waals surface area contributed by atoms with Gasteiger partial charge in [0.1, 0.15) is 5.75 Å². The summed E-state index contributed by atoms with van der Waals surface area (Å²) in [6.07, 6.45) is 4.16. The summed E-state index contributed by atoms with van der Waals surface area (Å²) < 4.78 is 0. The highest BCUT2D eigenvalue weighted by molar-refractivity contribution is 6.32. The number of alkyl halides is 1. The molecule has 2 rings (SSSR count). The van der Waals surface area contributed by atoms with Gasteiger partial charge in [0, 0.05) is 17.5 Å². The van der Waals surface area contributed by atoms with Gasteiger partial charge in [0.15, 0.2) is 0 Å². The van der Waals surface area contributed by atoms with E-state index >= 15 is 0 Å². The monoisotopic (exact) mass is 301 g/mol. The van der Waals surface area contributed by atoms with Crippen molar-refractivity contribution in [3.05, 3.63) is 28.8 Å². The summed E-state index contributed by atoms with van der Waals surface area (Å²) in [6, 6.07) is 4.46. The van der Waals surface area contributed by atoms with E-state index in [0.717, 1.165) is 25.7 Å². The van der Waals surface area contributed by atoms with Crippen LogP contribution in [-0.4, -0.2) is 22.9 Å². The van der Waals surface area contributed by atoms with Gasteiger partial charge in [-0.1, -0.05) is 11.6 Å². The minimum Gasteiger partial charge on any atom is -0.506 e. The highest BCUT2D eigenvalue weighted by Gasteiger charge is 2.20. The van der Waals surface area contributed by atoms with Crippen LogP contribution in [0.3, 0.4) is 0 Å². The second kappa shape index (κ2) is 6.49. The van der Waals surface area contributed by atoms with Crippen molar-refractivity contribution >= 4 is 29.1 Å². The lowest BCUT2D eigenvalue weighted by atomic mass is 9.89. The Hall–Kier alpha value is -0.930.